The highest BCUT2D eigenvalue weighted by Crippen LogP contribution is 2.22. The molecule has 0 fully saturated rings. The molecule has 2 nitrogen and oxygen atoms in total. The fraction of sp³-hybridized carbons (Fsp3) is 0.0714. The number of Topliss-reactive ketones (excluding diaryl/α,β-unsaturated/α-hetero) is 1. The monoisotopic (exact) mass is 280 g/mol. The summed E-state index contributed by atoms with van der Waals surface area (Å²) < 4.78 is 5.60. The SMILES string of the molecule is O=C(c1ccc(Oc2ccccc2)cc1)C(Cl)Cl. The van der Waals surface area contributed by atoms with Crippen molar-refractivity contribution in [3.63, 3.8) is 0 Å². The lowest BCUT2D eigenvalue weighted by atomic mass is 10.1. The van der Waals surface area contributed by atoms with Gasteiger partial charge in [-0.2, -0.15) is 0 Å². The number of rotatable bonds is 4. The number of alkyl halides is 2. The Bertz CT molecular complexity index is 521. The van der Waals surface area contributed by atoms with Crippen LogP contribution in [0.3, 0.4) is 0 Å². The summed E-state index contributed by atoms with van der Waals surface area (Å²) in [7, 11) is 0. The summed E-state index contributed by atoms with van der Waals surface area (Å²) in [4.78, 5) is 10.5. The fourth-order valence-electron chi connectivity index (χ4n) is 1.44. The number of halogens is 2. The molecule has 2 aromatic carbocycles. The Labute approximate surface area is 115 Å². The van der Waals surface area contributed by atoms with Crippen LogP contribution in [-0.2, 0) is 0 Å². The molecule has 0 unspecified atom stereocenters. The normalized spacial score (nSPS) is 10.4. The summed E-state index contributed by atoms with van der Waals surface area (Å²) in [6.07, 6.45) is 0. The lowest BCUT2D eigenvalue weighted by Crippen LogP contribution is -2.07. The quantitative estimate of drug-likeness (QED) is 0.610. The number of para-hydroxylation sites is 1. The van der Waals surface area contributed by atoms with E-state index in [1.807, 2.05) is 30.3 Å². The van der Waals surface area contributed by atoms with Gasteiger partial charge in [-0.25, -0.2) is 0 Å². The molecule has 0 amide bonds. The van der Waals surface area contributed by atoms with Gasteiger partial charge in [-0.3, -0.25) is 4.79 Å². The average Bonchev–Trinajstić information content (AvgIpc) is 2.40. The second-order valence-electron chi connectivity index (χ2n) is 3.60. The van der Waals surface area contributed by atoms with Crippen molar-refractivity contribution in [2.45, 2.75) is 4.84 Å². The number of benzene rings is 2. The van der Waals surface area contributed by atoms with Gasteiger partial charge in [0.05, 0.1) is 0 Å². The van der Waals surface area contributed by atoms with Crippen molar-refractivity contribution >= 4 is 29.0 Å². The summed E-state index contributed by atoms with van der Waals surface area (Å²) in [5.41, 5.74) is 0.463. The van der Waals surface area contributed by atoms with Crippen molar-refractivity contribution < 1.29 is 9.53 Å². The van der Waals surface area contributed by atoms with E-state index in [0.717, 1.165) is 5.75 Å². The highest BCUT2D eigenvalue weighted by Gasteiger charge is 2.13. The molecule has 0 saturated heterocycles. The average molecular weight is 281 g/mol. The van der Waals surface area contributed by atoms with Gasteiger partial charge in [0.1, 0.15) is 11.5 Å². The Balaban J connectivity index is 2.11. The van der Waals surface area contributed by atoms with Gasteiger partial charge in [-0.1, -0.05) is 41.4 Å². The van der Waals surface area contributed by atoms with Crippen LogP contribution in [0.1, 0.15) is 10.4 Å². The maximum absolute atomic E-state index is 11.5. The van der Waals surface area contributed by atoms with Crippen LogP contribution in [0.5, 0.6) is 11.5 Å². The van der Waals surface area contributed by atoms with Gasteiger partial charge in [0.2, 0.25) is 0 Å². The lowest BCUT2D eigenvalue weighted by Gasteiger charge is -2.06. The molecule has 2 aromatic rings. The molecule has 0 saturated carbocycles. The summed E-state index contributed by atoms with van der Waals surface area (Å²) in [6, 6.07) is 16.1. The summed E-state index contributed by atoms with van der Waals surface area (Å²) in [6.45, 7) is 0. The molecule has 4 heteroatoms. The van der Waals surface area contributed by atoms with Crippen LogP contribution < -0.4 is 4.74 Å². The van der Waals surface area contributed by atoms with Crippen LogP contribution in [0, 0.1) is 0 Å². The van der Waals surface area contributed by atoms with E-state index >= 15 is 0 Å². The van der Waals surface area contributed by atoms with Crippen LogP contribution in [-0.4, -0.2) is 10.6 Å². The van der Waals surface area contributed by atoms with E-state index in [2.05, 4.69) is 0 Å². The molecule has 92 valence electrons. The summed E-state index contributed by atoms with van der Waals surface area (Å²) in [5, 5.41) is 0. The van der Waals surface area contributed by atoms with Gasteiger partial charge in [0.15, 0.2) is 10.6 Å². The Hall–Kier alpha value is -1.51. The number of ketones is 1. The molecular weight excluding hydrogens is 271 g/mol. The molecule has 2 rings (SSSR count). The molecule has 0 N–H and O–H groups in total. The van der Waals surface area contributed by atoms with E-state index in [1.54, 1.807) is 24.3 Å². The molecule has 0 aliphatic rings. The van der Waals surface area contributed by atoms with Crippen LogP contribution in [0.2, 0.25) is 0 Å². The van der Waals surface area contributed by atoms with Crippen LogP contribution in [0.25, 0.3) is 0 Å². The first-order chi connectivity index (χ1) is 8.66. The third-order valence-electron chi connectivity index (χ3n) is 2.32. The number of hydrogen-bond donors (Lipinski definition) is 0. The van der Waals surface area contributed by atoms with Gasteiger partial charge in [0, 0.05) is 5.56 Å². The molecular formula is C14H10Cl2O2. The van der Waals surface area contributed by atoms with Crippen molar-refractivity contribution in [3.8, 4) is 11.5 Å². The number of hydrogen-bond acceptors (Lipinski definition) is 2. The third-order valence-corrected chi connectivity index (χ3v) is 2.71. The number of ether oxygens (including phenoxy) is 1. The Morgan fingerprint density at radius 3 is 2.00 bits per heavy atom. The van der Waals surface area contributed by atoms with Crippen molar-refractivity contribution in [1.29, 1.82) is 0 Å². The first-order valence-corrected chi connectivity index (χ1v) is 6.19. The minimum absolute atomic E-state index is 0.315. The molecule has 0 aliphatic heterocycles. The van der Waals surface area contributed by atoms with Gasteiger partial charge < -0.3 is 4.74 Å². The van der Waals surface area contributed by atoms with Crippen molar-refractivity contribution in [2.75, 3.05) is 0 Å². The number of carbonyl (C=O) groups is 1. The van der Waals surface area contributed by atoms with E-state index in [4.69, 9.17) is 27.9 Å². The zero-order valence-electron chi connectivity index (χ0n) is 9.35. The molecule has 0 spiro atoms. The van der Waals surface area contributed by atoms with E-state index in [-0.39, 0.29) is 5.78 Å². The highest BCUT2D eigenvalue weighted by atomic mass is 35.5. The van der Waals surface area contributed by atoms with E-state index < -0.39 is 4.84 Å². The predicted molar refractivity (Wildman–Crippen MR) is 72.8 cm³/mol. The molecule has 0 bridgehead atoms. The van der Waals surface area contributed by atoms with E-state index in [1.165, 1.54) is 0 Å². The fourth-order valence-corrected chi connectivity index (χ4v) is 1.69. The lowest BCUT2D eigenvalue weighted by molar-refractivity contribution is 0.101. The van der Waals surface area contributed by atoms with E-state index in [9.17, 15) is 4.79 Å². The highest BCUT2D eigenvalue weighted by molar-refractivity contribution is 6.55. The zero-order valence-corrected chi connectivity index (χ0v) is 10.9. The van der Waals surface area contributed by atoms with Gasteiger partial charge in [0.25, 0.3) is 0 Å². The Morgan fingerprint density at radius 2 is 1.44 bits per heavy atom. The second-order valence-corrected chi connectivity index (χ2v) is 4.70. The zero-order chi connectivity index (χ0) is 13.0. The van der Waals surface area contributed by atoms with Crippen molar-refractivity contribution in [3.05, 3.63) is 60.2 Å². The van der Waals surface area contributed by atoms with Gasteiger partial charge >= 0.3 is 0 Å². The molecule has 0 heterocycles. The van der Waals surface area contributed by atoms with Crippen LogP contribution in [0.4, 0.5) is 0 Å². The maximum Gasteiger partial charge on any atom is 0.195 e. The minimum Gasteiger partial charge on any atom is -0.457 e. The topological polar surface area (TPSA) is 26.3 Å². The van der Waals surface area contributed by atoms with Gasteiger partial charge in [-0.15, -0.1) is 0 Å². The molecule has 18 heavy (non-hydrogen) atoms. The standard InChI is InChI=1S/C14H10Cl2O2/c15-14(16)13(17)10-6-8-12(9-7-10)18-11-4-2-1-3-5-11/h1-9,14H. The predicted octanol–water partition coefficient (Wildman–Crippen LogP) is 4.47. The maximum atomic E-state index is 11.5. The smallest absolute Gasteiger partial charge is 0.195 e. The number of carbonyl (C=O) groups excluding carboxylic acids is 1. The molecule has 0 aromatic heterocycles. The first-order valence-electron chi connectivity index (χ1n) is 5.32. The van der Waals surface area contributed by atoms with Gasteiger partial charge in [-0.05, 0) is 36.4 Å². The van der Waals surface area contributed by atoms with Crippen molar-refractivity contribution in [1.82, 2.24) is 0 Å². The third kappa shape index (κ3) is 3.25. The molecule has 0 atom stereocenters. The second kappa shape index (κ2) is 5.89. The summed E-state index contributed by atoms with van der Waals surface area (Å²) in [5.74, 6) is 1.08. The van der Waals surface area contributed by atoms with Crippen LogP contribution >= 0.6 is 23.2 Å². The Kier molecular flexibility index (Phi) is 4.24. The largest absolute Gasteiger partial charge is 0.457 e. The molecule has 0 aliphatic carbocycles. The Morgan fingerprint density at radius 1 is 0.889 bits per heavy atom. The van der Waals surface area contributed by atoms with Crippen LogP contribution in [0.15, 0.2) is 54.6 Å². The van der Waals surface area contributed by atoms with E-state index in [0.29, 0.717) is 11.3 Å². The first kappa shape index (κ1) is 12.9. The minimum atomic E-state index is -1.04. The molecule has 0 radical (unpaired) electrons. The van der Waals surface area contributed by atoms with Crippen molar-refractivity contribution in [2.24, 2.45) is 0 Å². The summed E-state index contributed by atoms with van der Waals surface area (Å²) >= 11 is 11.0.